The summed E-state index contributed by atoms with van der Waals surface area (Å²) in [5.74, 6) is 6.30. The minimum Gasteiger partial charge on any atom is -0.271 e. The highest BCUT2D eigenvalue weighted by molar-refractivity contribution is 5.26. The van der Waals surface area contributed by atoms with Gasteiger partial charge in [-0.3, -0.25) is 11.3 Å². The highest BCUT2D eigenvalue weighted by Gasteiger charge is 2.31. The summed E-state index contributed by atoms with van der Waals surface area (Å²) in [6.07, 6.45) is 2.62. The highest BCUT2D eigenvalue weighted by atomic mass is 15.2. The van der Waals surface area contributed by atoms with Crippen LogP contribution in [0.15, 0.2) is 24.3 Å². The maximum absolute atomic E-state index is 5.55. The molecule has 0 aromatic heterocycles. The molecule has 0 saturated heterocycles. The lowest BCUT2D eigenvalue weighted by Gasteiger charge is -2.15. The number of benzene rings is 1. The average molecular weight is 176 g/mol. The van der Waals surface area contributed by atoms with Gasteiger partial charge in [-0.1, -0.05) is 29.8 Å². The van der Waals surface area contributed by atoms with Gasteiger partial charge in [0.15, 0.2) is 0 Å². The van der Waals surface area contributed by atoms with Gasteiger partial charge in [0.1, 0.15) is 0 Å². The van der Waals surface area contributed by atoms with Crippen molar-refractivity contribution in [3.8, 4) is 0 Å². The van der Waals surface area contributed by atoms with Crippen LogP contribution in [0.3, 0.4) is 0 Å². The Morgan fingerprint density at radius 1 is 1.46 bits per heavy atom. The van der Waals surface area contributed by atoms with Crippen LogP contribution in [0.2, 0.25) is 0 Å². The van der Waals surface area contributed by atoms with E-state index >= 15 is 0 Å². The molecule has 1 aliphatic rings. The van der Waals surface area contributed by atoms with Crippen molar-refractivity contribution in [3.63, 3.8) is 0 Å². The zero-order valence-electron chi connectivity index (χ0n) is 7.96. The van der Waals surface area contributed by atoms with Crippen molar-refractivity contribution in [2.75, 3.05) is 0 Å². The van der Waals surface area contributed by atoms with E-state index in [1.54, 1.807) is 0 Å². The minimum atomic E-state index is 0.361. The van der Waals surface area contributed by atoms with E-state index in [-0.39, 0.29) is 0 Å². The molecule has 3 N–H and O–H groups in total. The summed E-state index contributed by atoms with van der Waals surface area (Å²) in [7, 11) is 0. The van der Waals surface area contributed by atoms with Gasteiger partial charge >= 0.3 is 0 Å². The normalized spacial score (nSPS) is 18.6. The predicted molar refractivity (Wildman–Crippen MR) is 54.0 cm³/mol. The van der Waals surface area contributed by atoms with Gasteiger partial charge in [0.25, 0.3) is 0 Å². The van der Waals surface area contributed by atoms with Crippen molar-refractivity contribution in [1.29, 1.82) is 0 Å². The average Bonchev–Trinajstić information content (AvgIpc) is 2.90. The number of hydrogen-bond donors (Lipinski definition) is 2. The molecule has 70 valence electrons. The van der Waals surface area contributed by atoms with Crippen molar-refractivity contribution in [2.45, 2.75) is 25.8 Å². The number of aryl methyl sites for hydroxylation is 1. The fourth-order valence-corrected chi connectivity index (χ4v) is 1.80. The van der Waals surface area contributed by atoms with Gasteiger partial charge in [-0.2, -0.15) is 0 Å². The van der Waals surface area contributed by atoms with Crippen LogP contribution in [0.5, 0.6) is 0 Å². The fraction of sp³-hybridized carbons (Fsp3) is 0.455. The van der Waals surface area contributed by atoms with Gasteiger partial charge in [-0.15, -0.1) is 0 Å². The fourth-order valence-electron chi connectivity index (χ4n) is 1.80. The van der Waals surface area contributed by atoms with E-state index in [9.17, 15) is 0 Å². The van der Waals surface area contributed by atoms with E-state index in [4.69, 9.17) is 5.84 Å². The molecule has 1 atom stereocenters. The molecule has 2 heteroatoms. The van der Waals surface area contributed by atoms with E-state index in [0.29, 0.717) is 6.04 Å². The van der Waals surface area contributed by atoms with E-state index in [0.717, 1.165) is 5.92 Å². The Kier molecular flexibility index (Phi) is 2.34. The zero-order valence-corrected chi connectivity index (χ0v) is 7.96. The summed E-state index contributed by atoms with van der Waals surface area (Å²) in [4.78, 5) is 0. The molecule has 1 saturated carbocycles. The van der Waals surface area contributed by atoms with Gasteiger partial charge in [-0.05, 0) is 31.2 Å². The maximum Gasteiger partial charge on any atom is 0.0488 e. The molecule has 1 unspecified atom stereocenters. The van der Waals surface area contributed by atoms with E-state index < -0.39 is 0 Å². The number of hydrazine groups is 1. The Hall–Kier alpha value is -0.860. The van der Waals surface area contributed by atoms with Crippen molar-refractivity contribution in [2.24, 2.45) is 11.8 Å². The first-order valence-corrected chi connectivity index (χ1v) is 4.84. The lowest BCUT2D eigenvalue weighted by Crippen LogP contribution is -2.29. The molecular formula is C11H16N2. The second-order valence-corrected chi connectivity index (χ2v) is 3.90. The SMILES string of the molecule is Cc1cccc(C(NN)C2CC2)c1. The molecule has 0 spiro atoms. The second kappa shape index (κ2) is 3.48. The van der Waals surface area contributed by atoms with Crippen LogP contribution in [0.1, 0.15) is 30.0 Å². The molecule has 0 aliphatic heterocycles. The first kappa shape index (κ1) is 8.73. The van der Waals surface area contributed by atoms with Crippen molar-refractivity contribution >= 4 is 0 Å². The molecule has 0 heterocycles. The smallest absolute Gasteiger partial charge is 0.0488 e. The van der Waals surface area contributed by atoms with Crippen LogP contribution in [-0.2, 0) is 0 Å². The summed E-state index contributed by atoms with van der Waals surface area (Å²) >= 11 is 0. The molecule has 1 aliphatic carbocycles. The first-order chi connectivity index (χ1) is 6.31. The Labute approximate surface area is 79.1 Å². The summed E-state index contributed by atoms with van der Waals surface area (Å²) in [6, 6.07) is 8.93. The Morgan fingerprint density at radius 2 is 2.23 bits per heavy atom. The largest absolute Gasteiger partial charge is 0.271 e. The molecule has 1 fully saturated rings. The summed E-state index contributed by atoms with van der Waals surface area (Å²) in [6.45, 7) is 2.12. The quantitative estimate of drug-likeness (QED) is 0.545. The number of nitrogens with one attached hydrogen (secondary N) is 1. The van der Waals surface area contributed by atoms with Crippen LogP contribution in [0, 0.1) is 12.8 Å². The Balaban J connectivity index is 2.21. The summed E-state index contributed by atoms with van der Waals surface area (Å²) < 4.78 is 0. The number of nitrogens with two attached hydrogens (primary N) is 1. The standard InChI is InChI=1S/C11H16N2/c1-8-3-2-4-10(7-8)11(13-12)9-5-6-9/h2-4,7,9,11,13H,5-6,12H2,1H3. The van der Waals surface area contributed by atoms with Gasteiger partial charge in [0.2, 0.25) is 0 Å². The maximum atomic E-state index is 5.55. The minimum absolute atomic E-state index is 0.361. The predicted octanol–water partition coefficient (Wildman–Crippen LogP) is 1.91. The highest BCUT2D eigenvalue weighted by Crippen LogP contribution is 2.40. The summed E-state index contributed by atoms with van der Waals surface area (Å²) in [5.41, 5.74) is 5.54. The van der Waals surface area contributed by atoms with Gasteiger partial charge in [0, 0.05) is 6.04 Å². The first-order valence-electron chi connectivity index (χ1n) is 4.84. The van der Waals surface area contributed by atoms with Crippen molar-refractivity contribution in [3.05, 3.63) is 35.4 Å². The van der Waals surface area contributed by atoms with E-state index in [2.05, 4.69) is 36.6 Å². The number of hydrogen-bond acceptors (Lipinski definition) is 2. The van der Waals surface area contributed by atoms with Crippen LogP contribution in [0.25, 0.3) is 0 Å². The van der Waals surface area contributed by atoms with Crippen LogP contribution >= 0.6 is 0 Å². The third-order valence-corrected chi connectivity index (χ3v) is 2.67. The molecular weight excluding hydrogens is 160 g/mol. The lowest BCUT2D eigenvalue weighted by atomic mass is 10.0. The van der Waals surface area contributed by atoms with Crippen LogP contribution < -0.4 is 11.3 Å². The zero-order chi connectivity index (χ0) is 9.26. The molecule has 1 aromatic carbocycles. The third kappa shape index (κ3) is 1.90. The van der Waals surface area contributed by atoms with E-state index in [1.165, 1.54) is 24.0 Å². The number of rotatable bonds is 3. The molecule has 0 amide bonds. The van der Waals surface area contributed by atoms with Crippen molar-refractivity contribution in [1.82, 2.24) is 5.43 Å². The lowest BCUT2D eigenvalue weighted by molar-refractivity contribution is 0.496. The van der Waals surface area contributed by atoms with Crippen molar-refractivity contribution < 1.29 is 0 Å². The monoisotopic (exact) mass is 176 g/mol. The molecule has 1 aromatic rings. The third-order valence-electron chi connectivity index (χ3n) is 2.67. The summed E-state index contributed by atoms with van der Waals surface area (Å²) in [5, 5.41) is 0. The second-order valence-electron chi connectivity index (χ2n) is 3.90. The molecule has 2 nitrogen and oxygen atoms in total. The molecule has 13 heavy (non-hydrogen) atoms. The van der Waals surface area contributed by atoms with Gasteiger partial charge in [0.05, 0.1) is 0 Å². The van der Waals surface area contributed by atoms with Gasteiger partial charge in [-0.25, -0.2) is 0 Å². The van der Waals surface area contributed by atoms with Crippen LogP contribution in [0.4, 0.5) is 0 Å². The molecule has 0 radical (unpaired) electrons. The van der Waals surface area contributed by atoms with E-state index in [1.807, 2.05) is 0 Å². The topological polar surface area (TPSA) is 38.0 Å². The Bertz CT molecular complexity index is 292. The molecule has 2 rings (SSSR count). The Morgan fingerprint density at radius 3 is 2.77 bits per heavy atom. The van der Waals surface area contributed by atoms with Gasteiger partial charge < -0.3 is 0 Å². The van der Waals surface area contributed by atoms with Crippen LogP contribution in [-0.4, -0.2) is 0 Å². The molecule has 0 bridgehead atoms.